The fraction of sp³-hybridized carbons (Fsp3) is 0.188. The highest BCUT2D eigenvalue weighted by atomic mass is 16.5. The van der Waals surface area contributed by atoms with E-state index in [2.05, 4.69) is 15.4 Å². The van der Waals surface area contributed by atoms with Gasteiger partial charge in [0.15, 0.2) is 17.2 Å². The van der Waals surface area contributed by atoms with Gasteiger partial charge in [-0.3, -0.25) is 9.59 Å². The summed E-state index contributed by atoms with van der Waals surface area (Å²) in [6.07, 6.45) is 1.64. The van der Waals surface area contributed by atoms with Crippen LogP contribution in [0.4, 0.5) is 5.69 Å². The molecule has 24 heavy (non-hydrogen) atoms. The Balaban J connectivity index is 1.90. The van der Waals surface area contributed by atoms with E-state index in [4.69, 9.17) is 9.47 Å². The molecule has 124 valence electrons. The van der Waals surface area contributed by atoms with Crippen molar-refractivity contribution >= 4 is 17.1 Å². The molecule has 0 aliphatic rings. The Morgan fingerprint density at radius 1 is 1.21 bits per heavy atom. The minimum absolute atomic E-state index is 0.140. The number of amides is 1. The zero-order valence-corrected chi connectivity index (χ0v) is 13.4. The molecule has 8 nitrogen and oxygen atoms in total. The molecule has 3 aromatic rings. The first-order valence-electron chi connectivity index (χ1n) is 7.14. The summed E-state index contributed by atoms with van der Waals surface area (Å²) in [5.74, 6) is 0.630. The SMILES string of the molecule is COc1ccc(NC(=O)c2cc3c(=O)[nH]c(C)cn3n2)cc1OC. The molecule has 0 bridgehead atoms. The van der Waals surface area contributed by atoms with Gasteiger partial charge < -0.3 is 19.8 Å². The van der Waals surface area contributed by atoms with Crippen LogP contribution >= 0.6 is 0 Å². The maximum Gasteiger partial charge on any atom is 0.276 e. The number of aromatic nitrogens is 3. The number of carbonyl (C=O) groups is 1. The number of benzene rings is 1. The normalized spacial score (nSPS) is 10.6. The number of H-pyrrole nitrogens is 1. The highest BCUT2D eigenvalue weighted by Gasteiger charge is 2.14. The number of fused-ring (bicyclic) bond motifs is 1. The number of rotatable bonds is 4. The molecule has 0 radical (unpaired) electrons. The van der Waals surface area contributed by atoms with E-state index in [-0.39, 0.29) is 11.3 Å². The van der Waals surface area contributed by atoms with E-state index in [1.807, 2.05) is 0 Å². The molecule has 0 fully saturated rings. The van der Waals surface area contributed by atoms with E-state index in [0.717, 1.165) is 0 Å². The molecule has 0 aliphatic carbocycles. The molecule has 0 aliphatic heterocycles. The maximum atomic E-state index is 12.4. The third kappa shape index (κ3) is 2.81. The van der Waals surface area contributed by atoms with Gasteiger partial charge in [0, 0.05) is 29.7 Å². The molecule has 0 spiro atoms. The summed E-state index contributed by atoms with van der Waals surface area (Å²) in [7, 11) is 3.05. The molecule has 0 atom stereocenters. The lowest BCUT2D eigenvalue weighted by Crippen LogP contribution is -2.13. The minimum Gasteiger partial charge on any atom is -0.493 e. The standard InChI is InChI=1S/C16H16N4O4/c1-9-8-20-12(16(22)17-9)7-11(19-20)15(21)18-10-4-5-13(23-2)14(6-10)24-3/h4-8H,1-3H3,(H,17,22)(H,18,21). The maximum absolute atomic E-state index is 12.4. The summed E-state index contributed by atoms with van der Waals surface area (Å²) >= 11 is 0. The topological polar surface area (TPSA) is 97.7 Å². The molecular weight excluding hydrogens is 312 g/mol. The van der Waals surface area contributed by atoms with Crippen LogP contribution in [0.15, 0.2) is 35.3 Å². The second-order valence-corrected chi connectivity index (χ2v) is 5.15. The predicted molar refractivity (Wildman–Crippen MR) is 88.0 cm³/mol. The van der Waals surface area contributed by atoms with Gasteiger partial charge in [-0.1, -0.05) is 0 Å². The van der Waals surface area contributed by atoms with Crippen LogP contribution in [0.2, 0.25) is 0 Å². The predicted octanol–water partition coefficient (Wildman–Crippen LogP) is 1.60. The number of ether oxygens (including phenoxy) is 2. The summed E-state index contributed by atoms with van der Waals surface area (Å²) < 4.78 is 11.7. The molecular formula is C16H16N4O4. The first kappa shape index (κ1) is 15.6. The van der Waals surface area contributed by atoms with Crippen molar-refractivity contribution in [2.75, 3.05) is 19.5 Å². The van der Waals surface area contributed by atoms with Crippen molar-refractivity contribution in [1.82, 2.24) is 14.6 Å². The van der Waals surface area contributed by atoms with Crippen molar-refractivity contribution in [3.63, 3.8) is 0 Å². The Hall–Kier alpha value is -3.29. The van der Waals surface area contributed by atoms with Crippen LogP contribution in [0, 0.1) is 6.92 Å². The number of aryl methyl sites for hydroxylation is 1. The molecule has 3 rings (SSSR count). The fourth-order valence-corrected chi connectivity index (χ4v) is 2.34. The number of anilines is 1. The summed E-state index contributed by atoms with van der Waals surface area (Å²) in [6.45, 7) is 1.74. The van der Waals surface area contributed by atoms with E-state index >= 15 is 0 Å². The molecule has 0 saturated heterocycles. The Labute approximate surface area is 137 Å². The van der Waals surface area contributed by atoms with Crippen LogP contribution in [-0.2, 0) is 0 Å². The number of hydrogen-bond donors (Lipinski definition) is 2. The molecule has 2 heterocycles. The van der Waals surface area contributed by atoms with Gasteiger partial charge in [-0.15, -0.1) is 0 Å². The zero-order chi connectivity index (χ0) is 17.3. The number of nitrogens with one attached hydrogen (secondary N) is 2. The first-order valence-corrected chi connectivity index (χ1v) is 7.14. The van der Waals surface area contributed by atoms with Crippen molar-refractivity contribution in [2.24, 2.45) is 0 Å². The summed E-state index contributed by atoms with van der Waals surface area (Å²) in [4.78, 5) is 26.9. The molecule has 0 saturated carbocycles. The van der Waals surface area contributed by atoms with Crippen LogP contribution < -0.4 is 20.3 Å². The average Bonchev–Trinajstić information content (AvgIpc) is 2.99. The first-order chi connectivity index (χ1) is 11.5. The largest absolute Gasteiger partial charge is 0.493 e. The minimum atomic E-state index is -0.428. The number of aromatic amines is 1. The Bertz CT molecular complexity index is 974. The van der Waals surface area contributed by atoms with Gasteiger partial charge in [-0.05, 0) is 19.1 Å². The van der Waals surface area contributed by atoms with Gasteiger partial charge in [0.2, 0.25) is 0 Å². The molecule has 1 aromatic carbocycles. The number of hydrogen-bond acceptors (Lipinski definition) is 5. The molecule has 0 unspecified atom stereocenters. The van der Waals surface area contributed by atoms with Crippen LogP contribution in [0.3, 0.4) is 0 Å². The smallest absolute Gasteiger partial charge is 0.276 e. The second kappa shape index (κ2) is 6.07. The molecule has 2 N–H and O–H groups in total. The summed E-state index contributed by atoms with van der Waals surface area (Å²) in [5, 5.41) is 6.85. The van der Waals surface area contributed by atoms with Crippen molar-refractivity contribution < 1.29 is 14.3 Å². The Morgan fingerprint density at radius 2 is 1.96 bits per heavy atom. The van der Waals surface area contributed by atoms with Crippen molar-refractivity contribution in [3.05, 3.63) is 52.2 Å². The number of carbonyl (C=O) groups excluding carboxylic acids is 1. The third-order valence-electron chi connectivity index (χ3n) is 3.47. The molecule has 8 heteroatoms. The summed E-state index contributed by atoms with van der Waals surface area (Å²) in [5.41, 5.74) is 1.33. The zero-order valence-electron chi connectivity index (χ0n) is 13.4. The average molecular weight is 328 g/mol. The van der Waals surface area contributed by atoms with Gasteiger partial charge in [0.05, 0.1) is 14.2 Å². The van der Waals surface area contributed by atoms with Gasteiger partial charge in [-0.2, -0.15) is 5.10 Å². The van der Waals surface area contributed by atoms with Gasteiger partial charge in [0.25, 0.3) is 11.5 Å². The van der Waals surface area contributed by atoms with Crippen LogP contribution in [0.25, 0.3) is 5.52 Å². The number of methoxy groups -OCH3 is 2. The number of nitrogens with zero attached hydrogens (tertiary/aromatic N) is 2. The lowest BCUT2D eigenvalue weighted by atomic mass is 10.2. The van der Waals surface area contributed by atoms with E-state index < -0.39 is 5.91 Å². The summed E-state index contributed by atoms with van der Waals surface area (Å²) in [6, 6.07) is 6.45. The Kier molecular flexibility index (Phi) is 3.95. The van der Waals surface area contributed by atoms with Crippen molar-refractivity contribution in [2.45, 2.75) is 6.92 Å². The van der Waals surface area contributed by atoms with Gasteiger partial charge in [0.1, 0.15) is 5.52 Å². The monoisotopic (exact) mass is 328 g/mol. The Morgan fingerprint density at radius 3 is 2.67 bits per heavy atom. The van der Waals surface area contributed by atoms with Crippen molar-refractivity contribution in [3.8, 4) is 11.5 Å². The fourth-order valence-electron chi connectivity index (χ4n) is 2.34. The second-order valence-electron chi connectivity index (χ2n) is 5.15. The van der Waals surface area contributed by atoms with Gasteiger partial charge >= 0.3 is 0 Å². The van der Waals surface area contributed by atoms with Crippen molar-refractivity contribution in [1.29, 1.82) is 0 Å². The van der Waals surface area contributed by atoms with Crippen LogP contribution in [-0.4, -0.2) is 34.7 Å². The lowest BCUT2D eigenvalue weighted by Gasteiger charge is -2.09. The van der Waals surface area contributed by atoms with Gasteiger partial charge in [-0.25, -0.2) is 4.52 Å². The van der Waals surface area contributed by atoms with E-state index in [1.165, 1.54) is 24.8 Å². The van der Waals surface area contributed by atoms with E-state index in [0.29, 0.717) is 28.4 Å². The highest BCUT2D eigenvalue weighted by molar-refractivity contribution is 6.03. The molecule has 2 aromatic heterocycles. The lowest BCUT2D eigenvalue weighted by molar-refractivity contribution is 0.102. The third-order valence-corrected chi connectivity index (χ3v) is 3.47. The van der Waals surface area contributed by atoms with Crippen LogP contribution in [0.5, 0.6) is 11.5 Å². The van der Waals surface area contributed by atoms with E-state index in [1.54, 1.807) is 31.3 Å². The van der Waals surface area contributed by atoms with Crippen LogP contribution in [0.1, 0.15) is 16.2 Å². The quantitative estimate of drug-likeness (QED) is 0.758. The molecule has 1 amide bonds. The highest BCUT2D eigenvalue weighted by Crippen LogP contribution is 2.29. The van der Waals surface area contributed by atoms with E-state index in [9.17, 15) is 9.59 Å².